The smallest absolute Gasteiger partial charge is 0.333 e. The molecule has 0 amide bonds. The minimum atomic E-state index is -0.352. The fourth-order valence-corrected chi connectivity index (χ4v) is 2.49. The molecule has 24 heavy (non-hydrogen) atoms. The summed E-state index contributed by atoms with van der Waals surface area (Å²) in [6, 6.07) is 0. The zero-order valence-electron chi connectivity index (χ0n) is 15.4. The molecule has 0 aromatic heterocycles. The number of ether oxygens (including phenoxy) is 5. The Balaban J connectivity index is 3.70. The van der Waals surface area contributed by atoms with E-state index in [0.29, 0.717) is 47.2 Å². The Hall–Kier alpha value is -2.37. The number of esters is 1. The van der Waals surface area contributed by atoms with Gasteiger partial charge in [0.15, 0.2) is 11.5 Å². The third-order valence-electron chi connectivity index (χ3n) is 3.66. The molecule has 0 unspecified atom stereocenters. The van der Waals surface area contributed by atoms with E-state index in [1.807, 2.05) is 13.8 Å². The molecular weight excluding hydrogens is 312 g/mol. The summed E-state index contributed by atoms with van der Waals surface area (Å²) >= 11 is 0. The van der Waals surface area contributed by atoms with Crippen molar-refractivity contribution in [3.8, 4) is 23.0 Å². The second-order valence-corrected chi connectivity index (χ2v) is 4.92. The van der Waals surface area contributed by atoms with Crippen molar-refractivity contribution >= 4 is 12.0 Å². The summed E-state index contributed by atoms with van der Waals surface area (Å²) in [4.78, 5) is 12.1. The molecule has 0 heterocycles. The fraction of sp³-hybridized carbons (Fsp3) is 0.500. The fourth-order valence-electron chi connectivity index (χ4n) is 2.49. The van der Waals surface area contributed by atoms with Crippen LogP contribution in [0.5, 0.6) is 23.0 Å². The van der Waals surface area contributed by atoms with Crippen LogP contribution in [-0.2, 0) is 9.53 Å². The molecule has 0 atom stereocenters. The lowest BCUT2D eigenvalue weighted by molar-refractivity contribution is -0.138. The van der Waals surface area contributed by atoms with E-state index >= 15 is 0 Å². The van der Waals surface area contributed by atoms with Crippen LogP contribution in [0.4, 0.5) is 0 Å². The molecule has 0 N–H and O–H groups in total. The van der Waals surface area contributed by atoms with Crippen molar-refractivity contribution in [3.05, 3.63) is 16.7 Å². The molecule has 1 aromatic carbocycles. The van der Waals surface area contributed by atoms with Crippen LogP contribution in [0.25, 0.3) is 6.08 Å². The lowest BCUT2D eigenvalue weighted by Gasteiger charge is -2.20. The van der Waals surface area contributed by atoms with E-state index in [0.717, 1.165) is 5.56 Å². The third kappa shape index (κ3) is 3.75. The van der Waals surface area contributed by atoms with E-state index in [4.69, 9.17) is 23.7 Å². The van der Waals surface area contributed by atoms with Gasteiger partial charge in [-0.2, -0.15) is 0 Å². The van der Waals surface area contributed by atoms with Crippen LogP contribution < -0.4 is 18.9 Å². The van der Waals surface area contributed by atoms with Crippen LogP contribution in [-0.4, -0.2) is 41.0 Å². The SMILES string of the molecule is CCOC(=O)C(=Cc1c(C)c(OC)c(OC)c(OC)c1OC)CC. The van der Waals surface area contributed by atoms with Gasteiger partial charge in [-0.15, -0.1) is 0 Å². The Morgan fingerprint density at radius 3 is 1.79 bits per heavy atom. The van der Waals surface area contributed by atoms with Crippen molar-refractivity contribution in [2.24, 2.45) is 0 Å². The number of carbonyl (C=O) groups excluding carboxylic acids is 1. The van der Waals surface area contributed by atoms with Crippen molar-refractivity contribution in [2.75, 3.05) is 35.0 Å². The summed E-state index contributed by atoms with van der Waals surface area (Å²) in [6.45, 7) is 5.86. The molecular formula is C18H26O6. The van der Waals surface area contributed by atoms with Gasteiger partial charge in [-0.25, -0.2) is 4.79 Å². The second-order valence-electron chi connectivity index (χ2n) is 4.92. The predicted molar refractivity (Wildman–Crippen MR) is 92.3 cm³/mol. The summed E-state index contributed by atoms with van der Waals surface area (Å²) in [6.07, 6.45) is 2.27. The molecule has 0 saturated heterocycles. The average Bonchev–Trinajstić information content (AvgIpc) is 2.59. The topological polar surface area (TPSA) is 63.2 Å². The number of hydrogen-bond donors (Lipinski definition) is 0. The van der Waals surface area contributed by atoms with Gasteiger partial charge in [0, 0.05) is 16.7 Å². The zero-order chi connectivity index (χ0) is 18.3. The highest BCUT2D eigenvalue weighted by atomic mass is 16.5. The minimum Gasteiger partial charge on any atom is -0.492 e. The quantitative estimate of drug-likeness (QED) is 0.535. The number of benzene rings is 1. The lowest BCUT2D eigenvalue weighted by atomic mass is 10.0. The van der Waals surface area contributed by atoms with Gasteiger partial charge in [0.25, 0.3) is 0 Å². The van der Waals surface area contributed by atoms with Gasteiger partial charge in [0.1, 0.15) is 0 Å². The van der Waals surface area contributed by atoms with Crippen molar-refractivity contribution < 1.29 is 28.5 Å². The molecule has 0 fully saturated rings. The molecule has 1 rings (SSSR count). The standard InChI is InChI=1S/C18H26O6/c1-8-12(18(19)24-9-2)10-13-11(3)14(20-4)16(22-6)17(23-7)15(13)21-5/h10H,8-9H2,1-7H3. The van der Waals surface area contributed by atoms with E-state index in [9.17, 15) is 4.79 Å². The number of rotatable bonds is 8. The molecule has 0 radical (unpaired) electrons. The predicted octanol–water partition coefficient (Wildman–Crippen LogP) is 3.39. The molecule has 0 aliphatic rings. The third-order valence-corrected chi connectivity index (χ3v) is 3.66. The number of carbonyl (C=O) groups is 1. The molecule has 1 aromatic rings. The first-order valence-electron chi connectivity index (χ1n) is 7.74. The van der Waals surface area contributed by atoms with E-state index in [-0.39, 0.29) is 5.97 Å². The first-order valence-corrected chi connectivity index (χ1v) is 7.74. The van der Waals surface area contributed by atoms with Crippen molar-refractivity contribution in [1.29, 1.82) is 0 Å². The van der Waals surface area contributed by atoms with Gasteiger partial charge >= 0.3 is 5.97 Å². The van der Waals surface area contributed by atoms with Gasteiger partial charge in [-0.05, 0) is 26.3 Å². The summed E-state index contributed by atoms with van der Waals surface area (Å²) in [5.74, 6) is 1.51. The van der Waals surface area contributed by atoms with E-state index in [1.54, 1.807) is 20.1 Å². The Kier molecular flexibility index (Phi) is 7.42. The maximum Gasteiger partial charge on any atom is 0.333 e. The van der Waals surface area contributed by atoms with Gasteiger partial charge < -0.3 is 23.7 Å². The van der Waals surface area contributed by atoms with Gasteiger partial charge in [-0.3, -0.25) is 0 Å². The number of hydrogen-bond acceptors (Lipinski definition) is 6. The molecule has 0 aliphatic heterocycles. The molecule has 0 bridgehead atoms. The first-order chi connectivity index (χ1) is 11.5. The highest BCUT2D eigenvalue weighted by molar-refractivity contribution is 5.95. The minimum absolute atomic E-state index is 0.321. The molecule has 0 aliphatic carbocycles. The molecule has 0 saturated carbocycles. The Bertz CT molecular complexity index is 619. The lowest BCUT2D eigenvalue weighted by Crippen LogP contribution is -2.08. The summed E-state index contributed by atoms with van der Waals surface area (Å²) in [7, 11) is 6.15. The van der Waals surface area contributed by atoms with Crippen LogP contribution in [0.3, 0.4) is 0 Å². The van der Waals surface area contributed by atoms with Crippen LogP contribution in [0.2, 0.25) is 0 Å². The van der Waals surface area contributed by atoms with Crippen molar-refractivity contribution in [2.45, 2.75) is 27.2 Å². The van der Waals surface area contributed by atoms with Gasteiger partial charge in [0.05, 0.1) is 35.0 Å². The zero-order valence-corrected chi connectivity index (χ0v) is 15.4. The van der Waals surface area contributed by atoms with E-state index < -0.39 is 0 Å². The summed E-state index contributed by atoms with van der Waals surface area (Å²) in [5, 5.41) is 0. The molecule has 6 nitrogen and oxygen atoms in total. The summed E-state index contributed by atoms with van der Waals surface area (Å²) < 4.78 is 26.9. The Labute approximate surface area is 143 Å². The molecule has 0 spiro atoms. The first kappa shape index (κ1) is 19.7. The van der Waals surface area contributed by atoms with Gasteiger partial charge in [-0.1, -0.05) is 6.92 Å². The highest BCUT2D eigenvalue weighted by Crippen LogP contribution is 2.49. The van der Waals surface area contributed by atoms with Crippen LogP contribution in [0, 0.1) is 6.92 Å². The monoisotopic (exact) mass is 338 g/mol. The second kappa shape index (κ2) is 9.05. The number of methoxy groups -OCH3 is 4. The van der Waals surface area contributed by atoms with Crippen LogP contribution >= 0.6 is 0 Å². The molecule has 6 heteroatoms. The van der Waals surface area contributed by atoms with Crippen molar-refractivity contribution in [3.63, 3.8) is 0 Å². The molecule has 134 valence electrons. The highest BCUT2D eigenvalue weighted by Gasteiger charge is 2.25. The Morgan fingerprint density at radius 1 is 0.875 bits per heavy atom. The average molecular weight is 338 g/mol. The van der Waals surface area contributed by atoms with E-state index in [2.05, 4.69) is 0 Å². The normalized spacial score (nSPS) is 11.0. The maximum atomic E-state index is 12.1. The van der Waals surface area contributed by atoms with Gasteiger partial charge in [0.2, 0.25) is 11.5 Å². The van der Waals surface area contributed by atoms with Crippen LogP contribution in [0.15, 0.2) is 5.57 Å². The van der Waals surface area contributed by atoms with Crippen molar-refractivity contribution in [1.82, 2.24) is 0 Å². The Morgan fingerprint density at radius 2 is 1.38 bits per heavy atom. The van der Waals surface area contributed by atoms with Crippen LogP contribution in [0.1, 0.15) is 31.4 Å². The van der Waals surface area contributed by atoms with E-state index in [1.165, 1.54) is 21.3 Å². The largest absolute Gasteiger partial charge is 0.492 e. The summed E-state index contributed by atoms with van der Waals surface area (Å²) in [5.41, 5.74) is 2.01. The maximum absolute atomic E-state index is 12.1.